The maximum absolute atomic E-state index is 6.22. The van der Waals surface area contributed by atoms with E-state index in [0.29, 0.717) is 6.04 Å². The fourth-order valence-electron chi connectivity index (χ4n) is 2.57. The molecule has 0 amide bonds. The molecule has 1 aliphatic rings. The molecule has 88 valence electrons. The lowest BCUT2D eigenvalue weighted by molar-refractivity contribution is 0.248. The molecule has 2 unspecified atom stereocenters. The highest BCUT2D eigenvalue weighted by Gasteiger charge is 2.32. The van der Waals surface area contributed by atoms with Crippen molar-refractivity contribution in [3.05, 3.63) is 34.3 Å². The maximum atomic E-state index is 6.22. The molecule has 1 saturated heterocycles. The molecule has 2 nitrogen and oxygen atoms in total. The Balaban J connectivity index is 2.22. The van der Waals surface area contributed by atoms with E-state index in [9.17, 15) is 0 Å². The average molecular weight is 283 g/mol. The summed E-state index contributed by atoms with van der Waals surface area (Å²) in [4.78, 5) is 2.51. The van der Waals surface area contributed by atoms with Crippen molar-refractivity contribution < 1.29 is 0 Å². The van der Waals surface area contributed by atoms with Gasteiger partial charge in [0.25, 0.3) is 0 Å². The summed E-state index contributed by atoms with van der Waals surface area (Å²) in [6, 6.07) is 9.21. The molecule has 1 fully saturated rings. The molecule has 2 rings (SSSR count). The third-order valence-corrected chi connectivity index (χ3v) is 3.74. The van der Waals surface area contributed by atoms with Crippen LogP contribution in [0.2, 0.25) is 0 Å². The van der Waals surface area contributed by atoms with Gasteiger partial charge in [0.05, 0.1) is 0 Å². The van der Waals surface area contributed by atoms with Gasteiger partial charge < -0.3 is 5.73 Å². The number of nitrogens with two attached hydrogens (primary N) is 1. The summed E-state index contributed by atoms with van der Waals surface area (Å²) in [6.45, 7) is 4.50. The van der Waals surface area contributed by atoms with Gasteiger partial charge in [0.15, 0.2) is 0 Å². The van der Waals surface area contributed by atoms with E-state index in [0.717, 1.165) is 24.0 Å². The fourth-order valence-corrected chi connectivity index (χ4v) is 2.99. The quantitative estimate of drug-likeness (QED) is 0.924. The number of nitrogens with zero attached hydrogens (tertiary/aromatic N) is 1. The third-order valence-electron chi connectivity index (χ3n) is 3.25. The predicted molar refractivity (Wildman–Crippen MR) is 71.3 cm³/mol. The van der Waals surface area contributed by atoms with Crippen molar-refractivity contribution in [3.8, 4) is 0 Å². The molecule has 0 bridgehead atoms. The molecule has 0 spiro atoms. The van der Waals surface area contributed by atoms with Gasteiger partial charge in [-0.25, -0.2) is 0 Å². The van der Waals surface area contributed by atoms with Gasteiger partial charge >= 0.3 is 0 Å². The first kappa shape index (κ1) is 12.1. The molecule has 2 N–H and O–H groups in total. The van der Waals surface area contributed by atoms with Gasteiger partial charge in [-0.15, -0.1) is 0 Å². The van der Waals surface area contributed by atoms with E-state index < -0.39 is 0 Å². The summed E-state index contributed by atoms with van der Waals surface area (Å²) >= 11 is 3.53. The number of rotatable bonds is 3. The van der Waals surface area contributed by atoms with Crippen LogP contribution >= 0.6 is 15.9 Å². The van der Waals surface area contributed by atoms with Gasteiger partial charge in [-0.05, 0) is 37.1 Å². The average Bonchev–Trinajstić information content (AvgIpc) is 2.60. The third kappa shape index (κ3) is 2.47. The summed E-state index contributed by atoms with van der Waals surface area (Å²) in [5.41, 5.74) is 7.57. The van der Waals surface area contributed by atoms with Crippen LogP contribution in [0.25, 0.3) is 0 Å². The summed E-state index contributed by atoms with van der Waals surface area (Å²) in [6.07, 6.45) is 2.30. The fraction of sp³-hybridized carbons (Fsp3) is 0.538. The Hall–Kier alpha value is -0.380. The highest BCUT2D eigenvalue weighted by molar-refractivity contribution is 9.10. The molecular weight excluding hydrogens is 264 g/mol. The predicted octanol–water partition coefficient (Wildman–Crippen LogP) is 2.93. The van der Waals surface area contributed by atoms with Crippen LogP contribution in [0.3, 0.4) is 0 Å². The van der Waals surface area contributed by atoms with E-state index in [1.54, 1.807) is 0 Å². The number of hydrogen-bond acceptors (Lipinski definition) is 2. The topological polar surface area (TPSA) is 29.3 Å². The van der Waals surface area contributed by atoms with Crippen molar-refractivity contribution >= 4 is 15.9 Å². The van der Waals surface area contributed by atoms with Crippen LogP contribution in [-0.4, -0.2) is 24.0 Å². The van der Waals surface area contributed by atoms with Crippen molar-refractivity contribution in [2.75, 3.05) is 13.1 Å². The van der Waals surface area contributed by atoms with Gasteiger partial charge in [0.2, 0.25) is 0 Å². The van der Waals surface area contributed by atoms with E-state index in [4.69, 9.17) is 5.73 Å². The maximum Gasteiger partial charge on any atom is 0.0500 e. The lowest BCUT2D eigenvalue weighted by Crippen LogP contribution is -2.32. The Bertz CT molecular complexity index is 352. The second-order valence-corrected chi connectivity index (χ2v) is 5.40. The smallest absolute Gasteiger partial charge is 0.0500 e. The Morgan fingerprint density at radius 3 is 3.00 bits per heavy atom. The summed E-state index contributed by atoms with van der Waals surface area (Å²) < 4.78 is 1.14. The van der Waals surface area contributed by atoms with Crippen LogP contribution in [0.1, 0.15) is 31.4 Å². The Labute approximate surface area is 106 Å². The van der Waals surface area contributed by atoms with Crippen molar-refractivity contribution in [1.29, 1.82) is 0 Å². The molecule has 0 aliphatic carbocycles. The van der Waals surface area contributed by atoms with Crippen molar-refractivity contribution in [2.24, 2.45) is 5.73 Å². The Kier molecular flexibility index (Phi) is 4.00. The number of hydrogen-bond donors (Lipinski definition) is 1. The van der Waals surface area contributed by atoms with E-state index in [1.807, 2.05) is 0 Å². The number of likely N-dealkylation sites (tertiary alicyclic amines) is 1. The van der Waals surface area contributed by atoms with Gasteiger partial charge in [0, 0.05) is 23.1 Å². The molecule has 2 atom stereocenters. The number of halogens is 1. The first-order valence-electron chi connectivity index (χ1n) is 5.97. The highest BCUT2D eigenvalue weighted by atomic mass is 79.9. The van der Waals surface area contributed by atoms with E-state index in [1.165, 1.54) is 12.0 Å². The monoisotopic (exact) mass is 282 g/mol. The van der Waals surface area contributed by atoms with E-state index >= 15 is 0 Å². The standard InChI is InChI=1S/C13H19BrN2/c1-2-7-16-8-6-12(15)13(16)10-4-3-5-11(14)9-10/h3-5,9,12-13H,2,6-8,15H2,1H3. The SMILES string of the molecule is CCCN1CCC(N)C1c1cccc(Br)c1. The molecule has 3 heteroatoms. The van der Waals surface area contributed by atoms with E-state index in [2.05, 4.69) is 52.0 Å². The molecule has 16 heavy (non-hydrogen) atoms. The van der Waals surface area contributed by atoms with Crippen LogP contribution in [0.4, 0.5) is 0 Å². The first-order chi connectivity index (χ1) is 7.72. The van der Waals surface area contributed by atoms with E-state index in [-0.39, 0.29) is 6.04 Å². The largest absolute Gasteiger partial charge is 0.326 e. The van der Waals surface area contributed by atoms with Crippen LogP contribution < -0.4 is 5.73 Å². The zero-order valence-electron chi connectivity index (χ0n) is 9.70. The Morgan fingerprint density at radius 1 is 1.50 bits per heavy atom. The van der Waals surface area contributed by atoms with Crippen molar-refractivity contribution in [2.45, 2.75) is 31.8 Å². The van der Waals surface area contributed by atoms with Gasteiger partial charge in [-0.2, -0.15) is 0 Å². The highest BCUT2D eigenvalue weighted by Crippen LogP contribution is 2.32. The first-order valence-corrected chi connectivity index (χ1v) is 6.76. The second kappa shape index (κ2) is 5.30. The minimum atomic E-state index is 0.279. The minimum Gasteiger partial charge on any atom is -0.326 e. The molecule has 1 heterocycles. The second-order valence-electron chi connectivity index (χ2n) is 4.49. The molecule has 1 aromatic rings. The number of benzene rings is 1. The Morgan fingerprint density at radius 2 is 2.31 bits per heavy atom. The lowest BCUT2D eigenvalue weighted by atomic mass is 10.0. The molecular formula is C13H19BrN2. The molecule has 1 aliphatic heterocycles. The molecule has 0 radical (unpaired) electrons. The van der Waals surface area contributed by atoms with Crippen LogP contribution in [0.15, 0.2) is 28.7 Å². The van der Waals surface area contributed by atoms with Gasteiger partial charge in [0.1, 0.15) is 0 Å². The van der Waals surface area contributed by atoms with Crippen LogP contribution in [-0.2, 0) is 0 Å². The summed E-state index contributed by atoms with van der Waals surface area (Å²) in [5, 5.41) is 0. The van der Waals surface area contributed by atoms with Crippen LogP contribution in [0, 0.1) is 0 Å². The summed E-state index contributed by atoms with van der Waals surface area (Å²) in [5.74, 6) is 0. The van der Waals surface area contributed by atoms with Gasteiger partial charge in [-0.1, -0.05) is 35.0 Å². The van der Waals surface area contributed by atoms with Crippen molar-refractivity contribution in [1.82, 2.24) is 4.90 Å². The minimum absolute atomic E-state index is 0.279. The molecule has 0 aromatic heterocycles. The van der Waals surface area contributed by atoms with Gasteiger partial charge in [-0.3, -0.25) is 4.90 Å². The zero-order valence-corrected chi connectivity index (χ0v) is 11.3. The molecule has 0 saturated carbocycles. The molecule has 1 aromatic carbocycles. The van der Waals surface area contributed by atoms with Crippen molar-refractivity contribution in [3.63, 3.8) is 0 Å². The summed E-state index contributed by atoms with van der Waals surface area (Å²) in [7, 11) is 0. The lowest BCUT2D eigenvalue weighted by Gasteiger charge is -2.26. The normalized spacial score (nSPS) is 26.2. The zero-order chi connectivity index (χ0) is 11.5. The van der Waals surface area contributed by atoms with Crippen LogP contribution in [0.5, 0.6) is 0 Å².